The molecule has 0 amide bonds. The molecule has 0 unspecified atom stereocenters. The number of piperidine rings is 2. The van der Waals surface area contributed by atoms with Gasteiger partial charge in [-0.1, -0.05) is 6.42 Å². The number of fused-ring (bicyclic) bond motifs is 2. The zero-order chi connectivity index (χ0) is 15.8. The van der Waals surface area contributed by atoms with E-state index in [2.05, 4.69) is 9.80 Å². The van der Waals surface area contributed by atoms with Crippen LogP contribution in [0.1, 0.15) is 57.8 Å². The maximum absolute atomic E-state index is 10.3. The van der Waals surface area contributed by atoms with E-state index in [4.69, 9.17) is 4.74 Å². The summed E-state index contributed by atoms with van der Waals surface area (Å²) in [5, 5.41) is 10.3. The molecule has 0 radical (unpaired) electrons. The summed E-state index contributed by atoms with van der Waals surface area (Å²) < 4.78 is 6.58. The molecule has 2 aliphatic carbocycles. The molecule has 4 nitrogen and oxygen atoms in total. The van der Waals surface area contributed by atoms with Gasteiger partial charge < -0.3 is 9.84 Å². The van der Waals surface area contributed by atoms with Crippen molar-refractivity contribution < 1.29 is 9.84 Å². The molecule has 9 atom stereocenters. The summed E-state index contributed by atoms with van der Waals surface area (Å²) in [5.41, 5.74) is 0. The fourth-order valence-corrected chi connectivity index (χ4v) is 7.92. The topological polar surface area (TPSA) is 35.9 Å². The summed E-state index contributed by atoms with van der Waals surface area (Å²) in [6.07, 6.45) is 12.7. The van der Waals surface area contributed by atoms with E-state index in [0.29, 0.717) is 30.3 Å². The highest BCUT2D eigenvalue weighted by Gasteiger charge is 2.60. The van der Waals surface area contributed by atoms with Gasteiger partial charge in [0.15, 0.2) is 0 Å². The summed E-state index contributed by atoms with van der Waals surface area (Å²) in [5.74, 6) is 2.96. The number of hydrogen-bond acceptors (Lipinski definition) is 4. The van der Waals surface area contributed by atoms with Crippen molar-refractivity contribution in [3.63, 3.8) is 0 Å². The van der Waals surface area contributed by atoms with Crippen molar-refractivity contribution in [3.8, 4) is 0 Å². The number of aliphatic hydroxyl groups excluding tert-OH is 1. The molecule has 24 heavy (non-hydrogen) atoms. The van der Waals surface area contributed by atoms with E-state index in [0.717, 1.165) is 37.3 Å². The van der Waals surface area contributed by atoms with Crippen molar-refractivity contribution >= 4 is 0 Å². The van der Waals surface area contributed by atoms with Gasteiger partial charge >= 0.3 is 0 Å². The predicted octanol–water partition coefficient (Wildman–Crippen LogP) is 2.41. The van der Waals surface area contributed by atoms with Gasteiger partial charge in [-0.2, -0.15) is 0 Å². The molecule has 1 N–H and O–H groups in total. The highest BCUT2D eigenvalue weighted by atomic mass is 16.5. The zero-order valence-corrected chi connectivity index (χ0v) is 14.7. The molecule has 0 bridgehead atoms. The van der Waals surface area contributed by atoms with Gasteiger partial charge in [-0.3, -0.25) is 9.80 Å². The first-order chi connectivity index (χ1) is 11.8. The Bertz CT molecular complexity index is 474. The average Bonchev–Trinajstić information content (AvgIpc) is 2.61. The molecule has 0 aromatic carbocycles. The summed E-state index contributed by atoms with van der Waals surface area (Å²) in [6, 6.07) is 1.50. The molecule has 6 aliphatic rings. The van der Waals surface area contributed by atoms with Gasteiger partial charge in [0.05, 0.1) is 18.9 Å². The van der Waals surface area contributed by atoms with E-state index < -0.39 is 0 Å². The van der Waals surface area contributed by atoms with Gasteiger partial charge in [0.2, 0.25) is 0 Å². The molecule has 0 aromatic rings. The zero-order valence-electron chi connectivity index (χ0n) is 14.7. The van der Waals surface area contributed by atoms with Gasteiger partial charge in [0, 0.05) is 23.9 Å². The van der Waals surface area contributed by atoms with Crippen LogP contribution in [0.2, 0.25) is 0 Å². The van der Waals surface area contributed by atoms with Gasteiger partial charge in [-0.15, -0.1) is 0 Å². The molecule has 4 heteroatoms. The van der Waals surface area contributed by atoms with E-state index in [1.165, 1.54) is 51.5 Å². The number of hydrogen-bond donors (Lipinski definition) is 1. The molecule has 4 saturated heterocycles. The lowest BCUT2D eigenvalue weighted by molar-refractivity contribution is -0.299. The summed E-state index contributed by atoms with van der Waals surface area (Å²) in [6.45, 7) is 2.22. The third kappa shape index (κ3) is 1.94. The third-order valence-corrected chi connectivity index (χ3v) is 8.53. The van der Waals surface area contributed by atoms with Crippen LogP contribution in [0.5, 0.6) is 0 Å². The van der Waals surface area contributed by atoms with Crippen LogP contribution in [0, 0.1) is 23.7 Å². The Hall–Kier alpha value is -0.160. The van der Waals surface area contributed by atoms with Gasteiger partial charge in [0.25, 0.3) is 0 Å². The quantitative estimate of drug-likeness (QED) is 0.739. The van der Waals surface area contributed by atoms with Crippen molar-refractivity contribution in [2.24, 2.45) is 23.7 Å². The largest absolute Gasteiger partial charge is 0.393 e. The minimum atomic E-state index is -0.0838. The molecule has 134 valence electrons. The smallest absolute Gasteiger partial charge is 0.116 e. The van der Waals surface area contributed by atoms with Gasteiger partial charge in [-0.05, 0) is 69.7 Å². The molecular formula is C20H32N2O2. The Labute approximate surface area is 145 Å². The summed E-state index contributed by atoms with van der Waals surface area (Å²) in [4.78, 5) is 5.78. The summed E-state index contributed by atoms with van der Waals surface area (Å²) in [7, 11) is 0. The monoisotopic (exact) mass is 332 g/mol. The number of aliphatic hydroxyl groups is 1. The van der Waals surface area contributed by atoms with Gasteiger partial charge in [-0.25, -0.2) is 0 Å². The van der Waals surface area contributed by atoms with E-state index in [9.17, 15) is 5.11 Å². The molecule has 6 fully saturated rings. The molecule has 6 rings (SSSR count). The lowest BCUT2D eigenvalue weighted by Crippen LogP contribution is -2.77. The minimum Gasteiger partial charge on any atom is -0.393 e. The van der Waals surface area contributed by atoms with Crippen molar-refractivity contribution in [2.75, 3.05) is 13.2 Å². The minimum absolute atomic E-state index is 0.0838. The number of ether oxygens (including phenoxy) is 1. The van der Waals surface area contributed by atoms with Crippen molar-refractivity contribution in [1.82, 2.24) is 9.80 Å². The van der Waals surface area contributed by atoms with E-state index in [-0.39, 0.29) is 6.10 Å². The second kappa shape index (κ2) is 5.42. The first-order valence-corrected chi connectivity index (χ1v) is 10.6. The van der Waals surface area contributed by atoms with E-state index in [1.54, 1.807) is 0 Å². The predicted molar refractivity (Wildman–Crippen MR) is 91.2 cm³/mol. The second-order valence-corrected chi connectivity index (χ2v) is 9.59. The van der Waals surface area contributed by atoms with Crippen LogP contribution in [0.15, 0.2) is 0 Å². The SMILES string of the molecule is O[C@@H]1C[C@H]2CC[C@@H]3N4CCC[C@@H]5CCC[C@H]([C@@H]54)[C@H]4OC[C@H](C1)[C@@H]2N43. The lowest BCUT2D eigenvalue weighted by atomic mass is 9.64. The second-order valence-electron chi connectivity index (χ2n) is 9.59. The average molecular weight is 332 g/mol. The Kier molecular flexibility index (Phi) is 3.38. The van der Waals surface area contributed by atoms with Crippen molar-refractivity contribution in [2.45, 2.75) is 88.4 Å². The van der Waals surface area contributed by atoms with Crippen LogP contribution >= 0.6 is 0 Å². The van der Waals surface area contributed by atoms with Crippen LogP contribution in [-0.4, -0.2) is 58.6 Å². The maximum atomic E-state index is 10.3. The molecular weight excluding hydrogens is 300 g/mol. The Morgan fingerprint density at radius 2 is 1.71 bits per heavy atom. The van der Waals surface area contributed by atoms with Crippen LogP contribution in [0.3, 0.4) is 0 Å². The number of rotatable bonds is 0. The van der Waals surface area contributed by atoms with E-state index >= 15 is 0 Å². The molecule has 4 aliphatic heterocycles. The molecule has 0 spiro atoms. The summed E-state index contributed by atoms with van der Waals surface area (Å²) >= 11 is 0. The van der Waals surface area contributed by atoms with Crippen LogP contribution < -0.4 is 0 Å². The first kappa shape index (κ1) is 15.0. The van der Waals surface area contributed by atoms with Crippen LogP contribution in [0.25, 0.3) is 0 Å². The van der Waals surface area contributed by atoms with E-state index in [1.807, 2.05) is 0 Å². The highest BCUT2D eigenvalue weighted by Crippen LogP contribution is 2.54. The first-order valence-electron chi connectivity index (χ1n) is 10.6. The Morgan fingerprint density at radius 1 is 0.833 bits per heavy atom. The third-order valence-electron chi connectivity index (χ3n) is 8.53. The Morgan fingerprint density at radius 3 is 2.67 bits per heavy atom. The fourth-order valence-electron chi connectivity index (χ4n) is 7.92. The normalized spacial score (nSPS) is 57.1. The lowest BCUT2D eigenvalue weighted by Gasteiger charge is -2.68. The van der Waals surface area contributed by atoms with Crippen LogP contribution in [0.4, 0.5) is 0 Å². The molecule has 2 saturated carbocycles. The number of nitrogens with zero attached hydrogens (tertiary/aromatic N) is 2. The van der Waals surface area contributed by atoms with Crippen molar-refractivity contribution in [3.05, 3.63) is 0 Å². The fraction of sp³-hybridized carbons (Fsp3) is 1.00. The molecule has 4 heterocycles. The van der Waals surface area contributed by atoms with Crippen LogP contribution in [-0.2, 0) is 4.74 Å². The highest BCUT2D eigenvalue weighted by molar-refractivity contribution is 5.09. The van der Waals surface area contributed by atoms with Crippen molar-refractivity contribution in [1.29, 1.82) is 0 Å². The maximum Gasteiger partial charge on any atom is 0.116 e. The van der Waals surface area contributed by atoms with Gasteiger partial charge in [0.1, 0.15) is 6.23 Å². The molecule has 0 aromatic heterocycles. The standard InChI is InChI=1S/C20H32N2O2/c23-15-9-13-6-7-17-21-8-2-4-12-3-1-5-16(19(12)21)20-22(17)18(13)14(10-15)11-24-20/h12-20,23H,1-11H2/t12-,13+,14-,15+,16+,17+,18+,19+,20+/m0/s1. The Balaban J connectivity index is 1.39.